The lowest BCUT2D eigenvalue weighted by Crippen LogP contribution is -2.23. The molecule has 1 aromatic rings. The first kappa shape index (κ1) is 9.91. The Hall–Kier alpha value is -0.170. The summed E-state index contributed by atoms with van der Waals surface area (Å²) in [4.78, 5) is 0. The van der Waals surface area contributed by atoms with Crippen LogP contribution in [0.25, 0.3) is 0 Å². The molecule has 1 unspecified atom stereocenters. The van der Waals surface area contributed by atoms with Gasteiger partial charge in [-0.3, -0.25) is 0 Å². The summed E-state index contributed by atoms with van der Waals surface area (Å²) in [7, 11) is 0. The van der Waals surface area contributed by atoms with Gasteiger partial charge in [0.25, 0.3) is 0 Å². The zero-order valence-electron chi connectivity index (χ0n) is 6.51. The van der Waals surface area contributed by atoms with Crippen LogP contribution in [-0.2, 0) is 0 Å². The molecule has 0 radical (unpaired) electrons. The largest absolute Gasteiger partial charge is 0.396 e. The van der Waals surface area contributed by atoms with E-state index in [1.807, 2.05) is 0 Å². The topological polar surface area (TPSA) is 72.0 Å². The van der Waals surface area contributed by atoms with Gasteiger partial charge in [0, 0.05) is 18.4 Å². The monoisotopic (exact) mass is 205 g/mol. The number of thioether (sulfide) groups is 1. The first-order chi connectivity index (χ1) is 5.83. The van der Waals surface area contributed by atoms with E-state index in [0.717, 1.165) is 10.1 Å². The standard InChI is InChI=1S/C6H11N3OS2/c7-5(1-2-10)3-11-6-9-8-4-12-6/h4-5,10H,1-3,7H2. The lowest BCUT2D eigenvalue weighted by Gasteiger charge is -2.06. The van der Waals surface area contributed by atoms with Gasteiger partial charge in [0.1, 0.15) is 5.51 Å². The zero-order valence-corrected chi connectivity index (χ0v) is 8.14. The summed E-state index contributed by atoms with van der Waals surface area (Å²) >= 11 is 3.09. The number of nitrogens with zero attached hydrogens (tertiary/aromatic N) is 2. The fraction of sp³-hybridized carbons (Fsp3) is 0.667. The number of aromatic nitrogens is 2. The Morgan fingerprint density at radius 3 is 3.17 bits per heavy atom. The maximum Gasteiger partial charge on any atom is 0.174 e. The van der Waals surface area contributed by atoms with Crippen LogP contribution in [-0.4, -0.2) is 33.7 Å². The molecule has 3 N–H and O–H groups in total. The SMILES string of the molecule is NC(CCO)CSc1nncs1. The van der Waals surface area contributed by atoms with Crippen molar-refractivity contribution in [3.63, 3.8) is 0 Å². The van der Waals surface area contributed by atoms with Gasteiger partial charge in [-0.25, -0.2) is 0 Å². The van der Waals surface area contributed by atoms with Crippen LogP contribution in [0.5, 0.6) is 0 Å². The second-order valence-corrected chi connectivity index (χ2v) is 4.39. The van der Waals surface area contributed by atoms with Crippen molar-refractivity contribution >= 4 is 23.1 Å². The Morgan fingerprint density at radius 1 is 1.75 bits per heavy atom. The van der Waals surface area contributed by atoms with Crippen molar-refractivity contribution in [1.29, 1.82) is 0 Å². The molecule has 0 aliphatic heterocycles. The predicted octanol–water partition coefficient (Wildman–Crippen LogP) is 0.340. The molecule has 0 fully saturated rings. The van der Waals surface area contributed by atoms with Gasteiger partial charge in [-0.05, 0) is 6.42 Å². The van der Waals surface area contributed by atoms with Gasteiger partial charge in [-0.2, -0.15) is 0 Å². The van der Waals surface area contributed by atoms with E-state index in [2.05, 4.69) is 10.2 Å². The summed E-state index contributed by atoms with van der Waals surface area (Å²) in [6.45, 7) is 0.151. The summed E-state index contributed by atoms with van der Waals surface area (Å²) in [5, 5.41) is 16.1. The van der Waals surface area contributed by atoms with Crippen molar-refractivity contribution in [2.45, 2.75) is 16.8 Å². The van der Waals surface area contributed by atoms with Crippen molar-refractivity contribution < 1.29 is 5.11 Å². The molecule has 0 saturated carbocycles. The molecule has 68 valence electrons. The number of nitrogens with two attached hydrogens (primary N) is 1. The molecule has 0 bridgehead atoms. The van der Waals surface area contributed by atoms with E-state index in [1.165, 1.54) is 11.3 Å². The van der Waals surface area contributed by atoms with Gasteiger partial charge in [-0.1, -0.05) is 23.1 Å². The highest BCUT2D eigenvalue weighted by atomic mass is 32.2. The maximum absolute atomic E-state index is 8.58. The molecule has 1 atom stereocenters. The van der Waals surface area contributed by atoms with Gasteiger partial charge >= 0.3 is 0 Å². The van der Waals surface area contributed by atoms with Gasteiger partial charge < -0.3 is 10.8 Å². The van der Waals surface area contributed by atoms with Crippen molar-refractivity contribution in [3.05, 3.63) is 5.51 Å². The minimum absolute atomic E-state index is 0.0453. The highest BCUT2D eigenvalue weighted by Gasteiger charge is 2.04. The summed E-state index contributed by atoms with van der Waals surface area (Å²) in [6.07, 6.45) is 0.645. The Kier molecular flexibility index (Phi) is 4.52. The van der Waals surface area contributed by atoms with E-state index in [-0.39, 0.29) is 12.6 Å². The van der Waals surface area contributed by atoms with Gasteiger partial charge in [0.05, 0.1) is 0 Å². The third-order valence-corrected chi connectivity index (χ3v) is 3.31. The van der Waals surface area contributed by atoms with Gasteiger partial charge in [0.15, 0.2) is 4.34 Å². The van der Waals surface area contributed by atoms with E-state index in [9.17, 15) is 0 Å². The van der Waals surface area contributed by atoms with E-state index < -0.39 is 0 Å². The van der Waals surface area contributed by atoms with Crippen LogP contribution >= 0.6 is 23.1 Å². The van der Waals surface area contributed by atoms with E-state index in [4.69, 9.17) is 10.8 Å². The highest BCUT2D eigenvalue weighted by Crippen LogP contribution is 2.19. The molecule has 1 aromatic heterocycles. The van der Waals surface area contributed by atoms with Crippen molar-refractivity contribution in [2.75, 3.05) is 12.4 Å². The number of hydrogen-bond acceptors (Lipinski definition) is 6. The molecule has 12 heavy (non-hydrogen) atoms. The molecule has 1 rings (SSSR count). The van der Waals surface area contributed by atoms with Crippen molar-refractivity contribution in [1.82, 2.24) is 10.2 Å². The average molecular weight is 205 g/mol. The first-order valence-electron chi connectivity index (χ1n) is 3.58. The van der Waals surface area contributed by atoms with Gasteiger partial charge in [0.2, 0.25) is 0 Å². The molecule has 4 nitrogen and oxygen atoms in total. The summed E-state index contributed by atoms with van der Waals surface area (Å²) in [5.41, 5.74) is 7.37. The Labute approximate surface area is 79.2 Å². The number of rotatable bonds is 5. The Balaban J connectivity index is 2.17. The van der Waals surface area contributed by atoms with Crippen LogP contribution < -0.4 is 5.73 Å². The quantitative estimate of drug-likeness (QED) is 0.678. The van der Waals surface area contributed by atoms with Crippen LogP contribution in [0.4, 0.5) is 0 Å². The molecular formula is C6H11N3OS2. The molecule has 0 aromatic carbocycles. The molecule has 0 amide bonds. The van der Waals surface area contributed by atoms with E-state index >= 15 is 0 Å². The van der Waals surface area contributed by atoms with Crippen molar-refractivity contribution in [2.24, 2.45) is 5.73 Å². The molecular weight excluding hydrogens is 194 g/mol. The third-order valence-electron chi connectivity index (χ3n) is 1.26. The predicted molar refractivity (Wildman–Crippen MR) is 50.3 cm³/mol. The summed E-state index contributed by atoms with van der Waals surface area (Å²) in [6, 6.07) is 0.0453. The lowest BCUT2D eigenvalue weighted by molar-refractivity contribution is 0.279. The van der Waals surface area contributed by atoms with E-state index in [1.54, 1.807) is 17.3 Å². The van der Waals surface area contributed by atoms with Crippen LogP contribution in [0.15, 0.2) is 9.85 Å². The second kappa shape index (κ2) is 5.47. The lowest BCUT2D eigenvalue weighted by atomic mass is 10.3. The molecule has 6 heteroatoms. The molecule has 1 heterocycles. The summed E-state index contributed by atoms with van der Waals surface area (Å²) < 4.78 is 0.934. The molecule has 0 aliphatic carbocycles. The van der Waals surface area contributed by atoms with Crippen molar-refractivity contribution in [3.8, 4) is 0 Å². The fourth-order valence-electron chi connectivity index (χ4n) is 0.653. The van der Waals surface area contributed by atoms with Crippen LogP contribution in [0, 0.1) is 0 Å². The minimum Gasteiger partial charge on any atom is -0.396 e. The normalized spacial score (nSPS) is 13.2. The highest BCUT2D eigenvalue weighted by molar-refractivity contribution is 8.01. The third kappa shape index (κ3) is 3.48. The van der Waals surface area contributed by atoms with Crippen LogP contribution in [0.1, 0.15) is 6.42 Å². The second-order valence-electron chi connectivity index (χ2n) is 2.29. The number of aliphatic hydroxyl groups is 1. The molecule has 0 saturated heterocycles. The summed E-state index contributed by atoms with van der Waals surface area (Å²) in [5.74, 6) is 0.787. The zero-order chi connectivity index (χ0) is 8.81. The van der Waals surface area contributed by atoms with Crippen LogP contribution in [0.2, 0.25) is 0 Å². The number of hydrogen-bond donors (Lipinski definition) is 2. The van der Waals surface area contributed by atoms with Crippen LogP contribution in [0.3, 0.4) is 0 Å². The first-order valence-corrected chi connectivity index (χ1v) is 5.45. The smallest absolute Gasteiger partial charge is 0.174 e. The molecule has 0 aliphatic rings. The minimum atomic E-state index is 0.0453. The van der Waals surface area contributed by atoms with Gasteiger partial charge in [-0.15, -0.1) is 10.2 Å². The molecule has 0 spiro atoms. The maximum atomic E-state index is 8.58. The Morgan fingerprint density at radius 2 is 2.58 bits per heavy atom. The number of aliphatic hydroxyl groups excluding tert-OH is 1. The Bertz CT molecular complexity index is 205. The fourth-order valence-corrected chi connectivity index (χ4v) is 2.17. The average Bonchev–Trinajstić information content (AvgIpc) is 2.53. The van der Waals surface area contributed by atoms with E-state index in [0.29, 0.717) is 6.42 Å².